The predicted octanol–water partition coefficient (Wildman–Crippen LogP) is 9.31. The third-order valence-electron chi connectivity index (χ3n) is 7.48. The Morgan fingerprint density at radius 1 is 0.822 bits per heavy atom. The number of hydrogen-bond acceptors (Lipinski definition) is 9. The van der Waals surface area contributed by atoms with E-state index in [-0.39, 0.29) is 17.1 Å². The molecule has 5 aromatic rings. The molecule has 0 aliphatic carbocycles. The number of nitro benzene ring substituents is 1. The fourth-order valence-corrected chi connectivity index (χ4v) is 5.54. The van der Waals surface area contributed by atoms with E-state index in [9.17, 15) is 15.4 Å². The molecule has 0 radical (unpaired) electrons. The maximum Gasteiger partial charge on any atom is 0.270 e. The molecule has 11 nitrogen and oxygen atoms in total. The maximum atomic E-state index is 11.3. The molecule has 3 N–H and O–H groups in total. The third-order valence-corrected chi connectivity index (χ3v) is 7.48. The number of pyridine rings is 1. The van der Waals surface area contributed by atoms with Crippen LogP contribution in [0.3, 0.4) is 0 Å². The number of H-pyrrole nitrogens is 1. The number of rotatable bonds is 8. The molecule has 5 rings (SSSR count). The molecule has 11 heteroatoms. The monoisotopic (exact) mass is 599 g/mol. The van der Waals surface area contributed by atoms with Crippen molar-refractivity contribution >= 4 is 40.2 Å². The zero-order valence-corrected chi connectivity index (χ0v) is 26.2. The van der Waals surface area contributed by atoms with Gasteiger partial charge in [-0.25, -0.2) is 4.98 Å². The first-order chi connectivity index (χ1) is 21.4. The number of nitrogens with one attached hydrogen (secondary N) is 3. The second-order valence-electron chi connectivity index (χ2n) is 11.2. The first kappa shape index (κ1) is 30.6. The van der Waals surface area contributed by atoms with E-state index in [4.69, 9.17) is 4.98 Å². The van der Waals surface area contributed by atoms with Crippen LogP contribution >= 0.6 is 0 Å². The Labute approximate surface area is 261 Å². The molecule has 2 aromatic heterocycles. The smallest absolute Gasteiger partial charge is 0.270 e. The van der Waals surface area contributed by atoms with Gasteiger partial charge in [0.05, 0.1) is 10.6 Å². The van der Waals surface area contributed by atoms with Gasteiger partial charge >= 0.3 is 0 Å². The van der Waals surface area contributed by atoms with Gasteiger partial charge in [0.25, 0.3) is 5.69 Å². The number of non-ortho nitro benzene ring substituents is 1. The molecule has 0 spiro atoms. The quantitative estimate of drug-likeness (QED) is 0.0910. The number of nitrogens with zero attached hydrogens (tertiary/aromatic N) is 6. The van der Waals surface area contributed by atoms with Crippen molar-refractivity contribution in [2.75, 3.05) is 10.6 Å². The maximum absolute atomic E-state index is 11.3. The lowest BCUT2D eigenvalue weighted by atomic mass is 10.0. The van der Waals surface area contributed by atoms with E-state index >= 15 is 0 Å². The van der Waals surface area contributed by atoms with Gasteiger partial charge in [0.2, 0.25) is 5.82 Å². The zero-order valence-electron chi connectivity index (χ0n) is 26.2. The van der Waals surface area contributed by atoms with Crippen LogP contribution in [-0.4, -0.2) is 20.1 Å². The summed E-state index contributed by atoms with van der Waals surface area (Å²) in [4.78, 5) is 15.7. The van der Waals surface area contributed by atoms with E-state index in [0.29, 0.717) is 28.6 Å². The minimum absolute atomic E-state index is 0.0557. The second kappa shape index (κ2) is 12.4. The molecular formula is C34H33N9O2. The highest BCUT2D eigenvalue weighted by Crippen LogP contribution is 2.38. The van der Waals surface area contributed by atoms with Gasteiger partial charge in [-0.1, -0.05) is 47.5 Å². The second-order valence-corrected chi connectivity index (χ2v) is 11.2. The van der Waals surface area contributed by atoms with Crippen molar-refractivity contribution in [2.24, 2.45) is 10.2 Å². The van der Waals surface area contributed by atoms with Crippen molar-refractivity contribution in [3.8, 4) is 17.3 Å². The number of hydrogen-bond donors (Lipinski definition) is 3. The van der Waals surface area contributed by atoms with E-state index in [2.05, 4.69) is 89.1 Å². The number of nitriles is 1. The lowest BCUT2D eigenvalue weighted by Crippen LogP contribution is -2.04. The van der Waals surface area contributed by atoms with Gasteiger partial charge in [-0.15, -0.1) is 10.2 Å². The summed E-state index contributed by atoms with van der Waals surface area (Å²) in [6, 6.07) is 18.4. The molecule has 0 aliphatic heterocycles. The van der Waals surface area contributed by atoms with E-state index in [1.165, 1.54) is 17.7 Å². The van der Waals surface area contributed by atoms with E-state index in [0.717, 1.165) is 44.8 Å². The van der Waals surface area contributed by atoms with Crippen LogP contribution in [0.1, 0.15) is 44.5 Å². The summed E-state index contributed by atoms with van der Waals surface area (Å²) in [6.45, 7) is 14.3. The number of aromatic amines is 1. The lowest BCUT2D eigenvalue weighted by Gasteiger charge is -2.18. The van der Waals surface area contributed by atoms with Crippen LogP contribution in [0.15, 0.2) is 64.8 Å². The number of nitro groups is 1. The van der Waals surface area contributed by atoms with Gasteiger partial charge in [0.1, 0.15) is 23.1 Å². The minimum atomic E-state index is -0.492. The number of azo groups is 1. The molecule has 0 unspecified atom stereocenters. The van der Waals surface area contributed by atoms with Crippen LogP contribution in [0.25, 0.3) is 11.3 Å². The summed E-state index contributed by atoms with van der Waals surface area (Å²) in [5, 5.41) is 44.1. The van der Waals surface area contributed by atoms with Crippen molar-refractivity contribution in [2.45, 2.75) is 48.5 Å². The summed E-state index contributed by atoms with van der Waals surface area (Å²) in [7, 11) is 0. The van der Waals surface area contributed by atoms with Gasteiger partial charge in [0.15, 0.2) is 5.82 Å². The molecule has 45 heavy (non-hydrogen) atoms. The molecule has 0 fully saturated rings. The van der Waals surface area contributed by atoms with Crippen LogP contribution in [0.4, 0.5) is 40.2 Å². The van der Waals surface area contributed by atoms with Crippen molar-refractivity contribution in [1.82, 2.24) is 15.2 Å². The normalized spacial score (nSPS) is 11.1. The molecule has 0 saturated carbocycles. The molecule has 0 bridgehead atoms. The SMILES string of the molecule is Cc1cc(C)c(Nc2cc(C)c(N=Nc3n[nH]c(-c4cccc([N+](=O)[O-])c4)c3C#N)c(Nc3c(C)cc(C)cc3C)n2)c(C)c1. The molecule has 0 atom stereocenters. The van der Waals surface area contributed by atoms with Gasteiger partial charge in [-0.05, 0) is 82.3 Å². The molecule has 2 heterocycles. The van der Waals surface area contributed by atoms with Gasteiger partial charge in [-0.3, -0.25) is 15.2 Å². The third kappa shape index (κ3) is 6.40. The Morgan fingerprint density at radius 3 is 2.00 bits per heavy atom. The molecule has 3 aromatic carbocycles. The van der Waals surface area contributed by atoms with Gasteiger partial charge in [0, 0.05) is 29.1 Å². The van der Waals surface area contributed by atoms with Gasteiger partial charge < -0.3 is 10.6 Å². The highest BCUT2D eigenvalue weighted by Gasteiger charge is 2.19. The Morgan fingerprint density at radius 2 is 1.42 bits per heavy atom. The average molecular weight is 600 g/mol. The highest BCUT2D eigenvalue weighted by molar-refractivity contribution is 5.78. The Hall–Kier alpha value is -5.89. The molecule has 226 valence electrons. The number of anilines is 4. The fraction of sp³-hybridized carbons (Fsp3) is 0.206. The van der Waals surface area contributed by atoms with E-state index in [1.807, 2.05) is 26.8 Å². The lowest BCUT2D eigenvalue weighted by molar-refractivity contribution is -0.384. The zero-order chi connectivity index (χ0) is 32.4. The van der Waals surface area contributed by atoms with Crippen molar-refractivity contribution in [3.05, 3.63) is 109 Å². The molecular weight excluding hydrogens is 566 g/mol. The summed E-state index contributed by atoms with van der Waals surface area (Å²) in [5.74, 6) is 1.17. The predicted molar refractivity (Wildman–Crippen MR) is 176 cm³/mol. The van der Waals surface area contributed by atoms with Crippen molar-refractivity contribution in [3.63, 3.8) is 0 Å². The van der Waals surface area contributed by atoms with E-state index < -0.39 is 4.92 Å². The van der Waals surface area contributed by atoms with Gasteiger partial charge in [-0.2, -0.15) is 10.4 Å². The van der Waals surface area contributed by atoms with Crippen LogP contribution in [0.2, 0.25) is 0 Å². The number of aromatic nitrogens is 3. The van der Waals surface area contributed by atoms with Crippen molar-refractivity contribution in [1.29, 1.82) is 5.26 Å². The van der Waals surface area contributed by atoms with E-state index in [1.54, 1.807) is 12.1 Å². The Bertz CT molecular complexity index is 1990. The number of benzene rings is 3. The molecule has 0 amide bonds. The fourth-order valence-electron chi connectivity index (χ4n) is 5.54. The number of aryl methyl sites for hydroxylation is 7. The Kier molecular flexibility index (Phi) is 8.41. The highest BCUT2D eigenvalue weighted by atomic mass is 16.6. The summed E-state index contributed by atoms with van der Waals surface area (Å²) in [5.41, 5.74) is 10.6. The summed E-state index contributed by atoms with van der Waals surface area (Å²) in [6.07, 6.45) is 0. The summed E-state index contributed by atoms with van der Waals surface area (Å²) >= 11 is 0. The first-order valence-corrected chi connectivity index (χ1v) is 14.3. The van der Waals surface area contributed by atoms with Crippen molar-refractivity contribution < 1.29 is 4.92 Å². The van der Waals surface area contributed by atoms with Crippen LogP contribution in [0.5, 0.6) is 0 Å². The topological polar surface area (TPSA) is 157 Å². The first-order valence-electron chi connectivity index (χ1n) is 14.3. The molecule has 0 saturated heterocycles. The molecule has 0 aliphatic rings. The Balaban J connectivity index is 1.59. The standard InChI is InChI=1S/C34H33N9O2/c1-18-11-20(3)29(21(4)12-18)36-28-15-24(7)31(34(37-28)38-30-22(5)13-19(2)14-23(30)6)39-41-33-27(17-35)32(40-42-33)25-9-8-10-26(16-25)43(44)45/h8-16H,1-7H3,(H,40,42)(H2,36,37,38). The average Bonchev–Trinajstić information content (AvgIpc) is 3.39. The van der Waals surface area contributed by atoms with Crippen LogP contribution < -0.4 is 10.6 Å². The van der Waals surface area contributed by atoms with Crippen LogP contribution in [-0.2, 0) is 0 Å². The summed E-state index contributed by atoms with van der Waals surface area (Å²) < 4.78 is 0. The minimum Gasteiger partial charge on any atom is -0.340 e. The largest absolute Gasteiger partial charge is 0.340 e. The van der Waals surface area contributed by atoms with Crippen LogP contribution in [0, 0.1) is 69.9 Å².